The molecule has 1 amide bonds. The summed E-state index contributed by atoms with van der Waals surface area (Å²) in [6, 6.07) is 16.1. The highest BCUT2D eigenvalue weighted by Gasteiger charge is 2.43. The van der Waals surface area contributed by atoms with E-state index in [0.717, 1.165) is 10.6 Å². The summed E-state index contributed by atoms with van der Waals surface area (Å²) in [6.07, 6.45) is 1.51. The lowest BCUT2D eigenvalue weighted by Crippen LogP contribution is -2.54. The Kier molecular flexibility index (Phi) is 15.5. The molecule has 2 aromatic rings. The number of ketones is 1. The van der Waals surface area contributed by atoms with Crippen LogP contribution in [0.5, 0.6) is 0 Å². The highest BCUT2D eigenvalue weighted by atomic mass is 35.5. The van der Waals surface area contributed by atoms with Gasteiger partial charge in [0.25, 0.3) is 0 Å². The summed E-state index contributed by atoms with van der Waals surface area (Å²) in [6.45, 7) is 14.9. The quantitative estimate of drug-likeness (QED) is 0.285. The van der Waals surface area contributed by atoms with Gasteiger partial charge in [-0.2, -0.15) is 0 Å². The molecule has 0 bridgehead atoms. The molecule has 3 rings (SSSR count). The minimum absolute atomic E-state index is 0.0492. The van der Waals surface area contributed by atoms with E-state index >= 15 is 0 Å². The number of benzene rings is 2. The predicted octanol–water partition coefficient (Wildman–Crippen LogP) is 8.45. The lowest BCUT2D eigenvalue weighted by atomic mass is 9.82. The average Bonchev–Trinajstić information content (AvgIpc) is 2.91. The molecule has 0 spiro atoms. The number of carbonyl (C=O) groups excluding carboxylic acids is 2. The second-order valence-corrected chi connectivity index (χ2v) is 14.4. The first-order chi connectivity index (χ1) is 18.7. The lowest BCUT2D eigenvalue weighted by molar-refractivity contribution is -0.148. The molecule has 0 saturated carbocycles. The molecule has 1 fully saturated rings. The molecule has 1 saturated heterocycles. The Labute approximate surface area is 252 Å². The van der Waals surface area contributed by atoms with Crippen LogP contribution in [-0.2, 0) is 19.4 Å². The Balaban J connectivity index is 0.000000759. The van der Waals surface area contributed by atoms with Crippen molar-refractivity contribution in [2.45, 2.75) is 92.0 Å². The Morgan fingerprint density at radius 3 is 1.82 bits per heavy atom. The molecule has 1 heterocycles. The highest BCUT2D eigenvalue weighted by molar-refractivity contribution is 7.92. The summed E-state index contributed by atoms with van der Waals surface area (Å²) in [5, 5.41) is 0.893. The Morgan fingerprint density at radius 1 is 0.875 bits per heavy atom. The van der Waals surface area contributed by atoms with E-state index in [1.165, 1.54) is 0 Å². The number of carbonyl (C=O) groups is 2. The van der Waals surface area contributed by atoms with Crippen molar-refractivity contribution in [1.82, 2.24) is 4.90 Å². The predicted molar refractivity (Wildman–Crippen MR) is 169 cm³/mol. The van der Waals surface area contributed by atoms with Crippen LogP contribution in [-0.4, -0.2) is 42.1 Å². The van der Waals surface area contributed by atoms with Crippen LogP contribution >= 0.6 is 23.2 Å². The van der Waals surface area contributed by atoms with E-state index in [9.17, 15) is 18.0 Å². The third-order valence-electron chi connectivity index (χ3n) is 7.06. The molecule has 3 atom stereocenters. The molecule has 2 aromatic carbocycles. The van der Waals surface area contributed by atoms with Crippen molar-refractivity contribution in [1.29, 1.82) is 0 Å². The SMILES string of the molecule is CC.CC(C)C(=O)CC1CCC(c2ccc(Cl)cc2)N(C(CS(=O)(=O)C(C)C)C(C)C)C1=O.Clc1ccccc1. The number of piperidine rings is 1. The van der Waals surface area contributed by atoms with E-state index in [4.69, 9.17) is 23.2 Å². The number of Topliss-reactive ketones (excluding diaryl/α,β-unsaturated/α-hetero) is 1. The molecule has 5 nitrogen and oxygen atoms in total. The van der Waals surface area contributed by atoms with E-state index in [0.29, 0.717) is 17.9 Å². The van der Waals surface area contributed by atoms with Gasteiger partial charge in [0.05, 0.1) is 17.0 Å². The minimum atomic E-state index is -3.36. The second-order valence-electron chi connectivity index (χ2n) is 10.9. The zero-order valence-corrected chi connectivity index (χ0v) is 27.6. The number of sulfone groups is 1. The van der Waals surface area contributed by atoms with Gasteiger partial charge in [0.2, 0.25) is 5.91 Å². The van der Waals surface area contributed by atoms with Crippen molar-refractivity contribution in [2.75, 3.05) is 5.75 Å². The number of hydrogen-bond donors (Lipinski definition) is 0. The van der Waals surface area contributed by atoms with E-state index < -0.39 is 27.0 Å². The monoisotopic (exact) mass is 611 g/mol. The summed E-state index contributed by atoms with van der Waals surface area (Å²) >= 11 is 11.6. The van der Waals surface area contributed by atoms with Gasteiger partial charge in [-0.15, -0.1) is 0 Å². The van der Waals surface area contributed by atoms with Gasteiger partial charge in [0.15, 0.2) is 9.84 Å². The van der Waals surface area contributed by atoms with Crippen LogP contribution in [0, 0.1) is 17.8 Å². The molecule has 40 heavy (non-hydrogen) atoms. The molecule has 8 heteroatoms. The third kappa shape index (κ3) is 10.8. The Hall–Kier alpha value is -1.89. The summed E-state index contributed by atoms with van der Waals surface area (Å²) in [5.41, 5.74) is 0.944. The maximum Gasteiger partial charge on any atom is 0.226 e. The van der Waals surface area contributed by atoms with Crippen LogP contribution in [0.2, 0.25) is 10.0 Å². The van der Waals surface area contributed by atoms with Gasteiger partial charge < -0.3 is 4.90 Å². The standard InChI is InChI=1S/C24H36ClNO4S.C6H5Cl.C2H6/c1-15(2)22(14-31(29,30)17(5)6)26-21(18-7-10-20(25)11-8-18)12-9-19(24(26)28)13-23(27)16(3)4;7-6-4-2-1-3-5-6;1-2/h7-8,10-11,15-17,19,21-22H,9,12-14H2,1-6H3;1-5H;1-2H3. The first-order valence-electron chi connectivity index (χ1n) is 14.3. The molecular weight excluding hydrogens is 565 g/mol. The molecule has 0 aliphatic carbocycles. The number of rotatable bonds is 9. The number of amides is 1. The molecule has 3 unspecified atom stereocenters. The van der Waals surface area contributed by atoms with Crippen LogP contribution in [0.3, 0.4) is 0 Å². The molecule has 1 aliphatic heterocycles. The molecule has 0 aromatic heterocycles. The fourth-order valence-corrected chi connectivity index (χ4v) is 6.18. The number of halogens is 2. The number of nitrogens with zero attached hydrogens (tertiary/aromatic N) is 1. The van der Waals surface area contributed by atoms with Crippen molar-refractivity contribution in [3.63, 3.8) is 0 Å². The minimum Gasteiger partial charge on any atom is -0.331 e. The molecule has 0 radical (unpaired) electrons. The van der Waals surface area contributed by atoms with Gasteiger partial charge >= 0.3 is 0 Å². The second kappa shape index (κ2) is 17.2. The largest absolute Gasteiger partial charge is 0.331 e. The highest BCUT2D eigenvalue weighted by Crippen LogP contribution is 2.39. The number of hydrogen-bond acceptors (Lipinski definition) is 4. The topological polar surface area (TPSA) is 71.5 Å². The third-order valence-corrected chi connectivity index (χ3v) is 9.80. The maximum atomic E-state index is 13.7. The molecule has 1 aliphatic rings. The average molecular weight is 613 g/mol. The van der Waals surface area contributed by atoms with Crippen molar-refractivity contribution < 1.29 is 18.0 Å². The molecule has 0 N–H and O–H groups in total. The maximum absolute atomic E-state index is 13.7. The Morgan fingerprint density at radius 2 is 1.40 bits per heavy atom. The summed E-state index contributed by atoms with van der Waals surface area (Å²) in [7, 11) is -3.36. The molecule has 224 valence electrons. The van der Waals surface area contributed by atoms with Crippen LogP contribution in [0.4, 0.5) is 0 Å². The summed E-state index contributed by atoms with van der Waals surface area (Å²) < 4.78 is 25.6. The smallest absolute Gasteiger partial charge is 0.226 e. The van der Waals surface area contributed by atoms with Crippen molar-refractivity contribution in [2.24, 2.45) is 17.8 Å². The van der Waals surface area contributed by atoms with Gasteiger partial charge in [0.1, 0.15) is 5.78 Å². The summed E-state index contributed by atoms with van der Waals surface area (Å²) in [4.78, 5) is 27.9. The van der Waals surface area contributed by atoms with Gasteiger partial charge in [-0.1, -0.05) is 95.1 Å². The van der Waals surface area contributed by atoms with Crippen LogP contribution < -0.4 is 0 Å². The van der Waals surface area contributed by atoms with Crippen LogP contribution in [0.1, 0.15) is 86.3 Å². The van der Waals surface area contributed by atoms with Gasteiger partial charge in [0, 0.05) is 34.3 Å². The summed E-state index contributed by atoms with van der Waals surface area (Å²) in [5.74, 6) is -0.703. The van der Waals surface area contributed by atoms with E-state index in [1.807, 2.05) is 84.0 Å². The van der Waals surface area contributed by atoms with Crippen molar-refractivity contribution in [3.8, 4) is 0 Å². The fraction of sp³-hybridized carbons (Fsp3) is 0.562. The van der Waals surface area contributed by atoms with Gasteiger partial charge in [-0.3, -0.25) is 9.59 Å². The van der Waals surface area contributed by atoms with Crippen molar-refractivity contribution >= 4 is 44.7 Å². The van der Waals surface area contributed by atoms with Gasteiger partial charge in [-0.25, -0.2) is 8.42 Å². The fourth-order valence-electron chi connectivity index (χ4n) is 4.50. The zero-order chi connectivity index (χ0) is 30.6. The van der Waals surface area contributed by atoms with Crippen LogP contribution in [0.25, 0.3) is 0 Å². The Bertz CT molecular complexity index is 1150. The van der Waals surface area contributed by atoms with E-state index in [2.05, 4.69) is 0 Å². The van der Waals surface area contributed by atoms with E-state index in [-0.39, 0.29) is 41.7 Å². The zero-order valence-electron chi connectivity index (χ0n) is 25.2. The first-order valence-corrected chi connectivity index (χ1v) is 16.7. The lowest BCUT2D eigenvalue weighted by Gasteiger charge is -2.46. The normalized spacial score (nSPS) is 18.1. The van der Waals surface area contributed by atoms with E-state index in [1.54, 1.807) is 30.9 Å². The first kappa shape index (κ1) is 36.1. The van der Waals surface area contributed by atoms with Gasteiger partial charge in [-0.05, 0) is 62.4 Å². The molecular formula is C32H47Cl2NO4S. The van der Waals surface area contributed by atoms with Crippen LogP contribution in [0.15, 0.2) is 54.6 Å². The number of likely N-dealkylation sites (tertiary alicyclic amines) is 1. The van der Waals surface area contributed by atoms with Crippen molar-refractivity contribution in [3.05, 3.63) is 70.2 Å².